The number of hydrogen-bond acceptors (Lipinski definition) is 5. The van der Waals surface area contributed by atoms with E-state index in [0.717, 1.165) is 11.4 Å². The maximum Gasteiger partial charge on any atom is 0.223 e. The number of nitrogens with zero attached hydrogens (tertiary/aromatic N) is 1. The van der Waals surface area contributed by atoms with Gasteiger partial charge >= 0.3 is 0 Å². The van der Waals surface area contributed by atoms with E-state index in [-0.39, 0.29) is 11.7 Å². The summed E-state index contributed by atoms with van der Waals surface area (Å²) in [5, 5.41) is 3.12. The van der Waals surface area contributed by atoms with E-state index < -0.39 is 0 Å². The normalized spacial score (nSPS) is 15.1. The molecule has 0 radical (unpaired) electrons. The molecule has 14 heavy (non-hydrogen) atoms. The van der Waals surface area contributed by atoms with Crippen LogP contribution in [0.1, 0.15) is 22.3 Å². The number of thioether (sulfide) groups is 1. The van der Waals surface area contributed by atoms with Crippen LogP contribution < -0.4 is 5.32 Å². The number of carbonyl (C=O) groups excluding carboxylic acids is 2. The molecule has 1 aromatic heterocycles. The standard InChI is InChI=1S/C8H8N2O2S2/c1-4(11)9-8-10-5-2-13-3-6(12)7(5)14-8/h2-3H2,1H3,(H,9,10,11). The molecule has 0 saturated carbocycles. The summed E-state index contributed by atoms with van der Waals surface area (Å²) in [5.74, 6) is 1.24. The fraction of sp³-hybridized carbons (Fsp3) is 0.375. The Bertz CT molecular complexity index is 400. The SMILES string of the molecule is CC(=O)Nc1nc2c(s1)C(=O)CSC2. The Morgan fingerprint density at radius 1 is 1.50 bits per heavy atom. The fourth-order valence-electron chi connectivity index (χ4n) is 1.18. The number of carbonyl (C=O) groups is 2. The summed E-state index contributed by atoms with van der Waals surface area (Å²) in [6.07, 6.45) is 0. The molecule has 0 aliphatic carbocycles. The topological polar surface area (TPSA) is 59.1 Å². The molecule has 0 unspecified atom stereocenters. The van der Waals surface area contributed by atoms with Gasteiger partial charge < -0.3 is 5.32 Å². The van der Waals surface area contributed by atoms with Crippen LogP contribution >= 0.6 is 23.1 Å². The number of fused-ring (bicyclic) bond motifs is 1. The molecule has 0 atom stereocenters. The first-order valence-electron chi connectivity index (χ1n) is 4.05. The molecule has 2 rings (SSSR count). The van der Waals surface area contributed by atoms with E-state index in [4.69, 9.17) is 0 Å². The Morgan fingerprint density at radius 2 is 2.29 bits per heavy atom. The molecule has 1 N–H and O–H groups in total. The van der Waals surface area contributed by atoms with Crippen LogP contribution in [0.3, 0.4) is 0 Å². The third-order valence-corrected chi connectivity index (χ3v) is 3.70. The molecule has 74 valence electrons. The summed E-state index contributed by atoms with van der Waals surface area (Å²) in [6.45, 7) is 1.43. The van der Waals surface area contributed by atoms with Gasteiger partial charge in [0, 0.05) is 12.7 Å². The van der Waals surface area contributed by atoms with Crippen molar-refractivity contribution in [1.82, 2.24) is 4.98 Å². The van der Waals surface area contributed by atoms with Gasteiger partial charge in [0.25, 0.3) is 0 Å². The number of ketones is 1. The van der Waals surface area contributed by atoms with Crippen LogP contribution in [0.2, 0.25) is 0 Å². The number of anilines is 1. The van der Waals surface area contributed by atoms with Gasteiger partial charge in [-0.15, -0.1) is 11.8 Å². The molecule has 4 nitrogen and oxygen atoms in total. The molecule has 0 aromatic carbocycles. The van der Waals surface area contributed by atoms with E-state index in [9.17, 15) is 9.59 Å². The van der Waals surface area contributed by atoms with Crippen molar-refractivity contribution in [2.75, 3.05) is 11.1 Å². The van der Waals surface area contributed by atoms with E-state index in [2.05, 4.69) is 10.3 Å². The number of thiazole rings is 1. The molecule has 0 bridgehead atoms. The Hall–Kier alpha value is -0.880. The smallest absolute Gasteiger partial charge is 0.223 e. The fourth-order valence-corrected chi connectivity index (χ4v) is 3.16. The lowest BCUT2D eigenvalue weighted by molar-refractivity contribution is -0.114. The van der Waals surface area contributed by atoms with Crippen LogP contribution in [0, 0.1) is 0 Å². The summed E-state index contributed by atoms with van der Waals surface area (Å²) in [5.41, 5.74) is 0.806. The number of nitrogens with one attached hydrogen (secondary N) is 1. The van der Waals surface area contributed by atoms with Gasteiger partial charge in [-0.3, -0.25) is 9.59 Å². The third-order valence-electron chi connectivity index (χ3n) is 1.71. The Morgan fingerprint density at radius 3 is 2.93 bits per heavy atom. The number of aromatic nitrogens is 1. The highest BCUT2D eigenvalue weighted by Gasteiger charge is 2.22. The zero-order chi connectivity index (χ0) is 10.1. The van der Waals surface area contributed by atoms with Gasteiger partial charge in [-0.05, 0) is 0 Å². The van der Waals surface area contributed by atoms with Gasteiger partial charge in [0.05, 0.1) is 16.3 Å². The molecule has 0 spiro atoms. The molecule has 6 heteroatoms. The summed E-state index contributed by atoms with van der Waals surface area (Å²) in [4.78, 5) is 27.1. The van der Waals surface area contributed by atoms with Crippen LogP contribution in [-0.2, 0) is 10.5 Å². The van der Waals surface area contributed by atoms with Gasteiger partial charge in [-0.1, -0.05) is 11.3 Å². The van der Waals surface area contributed by atoms with Crippen molar-refractivity contribution in [3.63, 3.8) is 0 Å². The van der Waals surface area contributed by atoms with Crippen molar-refractivity contribution < 1.29 is 9.59 Å². The average molecular weight is 228 g/mol. The van der Waals surface area contributed by atoms with Crippen LogP contribution in [0.5, 0.6) is 0 Å². The van der Waals surface area contributed by atoms with Crippen molar-refractivity contribution in [2.24, 2.45) is 0 Å². The first kappa shape index (κ1) is 9.67. The Balaban J connectivity index is 2.30. The summed E-state index contributed by atoms with van der Waals surface area (Å²) in [7, 11) is 0. The first-order valence-corrected chi connectivity index (χ1v) is 6.02. The number of hydrogen-bond donors (Lipinski definition) is 1. The van der Waals surface area contributed by atoms with Gasteiger partial charge in [0.15, 0.2) is 10.9 Å². The second-order valence-electron chi connectivity index (χ2n) is 2.89. The van der Waals surface area contributed by atoms with Gasteiger partial charge in [0.2, 0.25) is 5.91 Å². The van der Waals surface area contributed by atoms with E-state index in [1.165, 1.54) is 18.3 Å². The third kappa shape index (κ3) is 1.80. The first-order chi connectivity index (χ1) is 6.66. The van der Waals surface area contributed by atoms with Gasteiger partial charge in [0.1, 0.15) is 0 Å². The summed E-state index contributed by atoms with van der Waals surface area (Å²) < 4.78 is 0. The monoisotopic (exact) mass is 228 g/mol. The molecule has 1 aliphatic heterocycles. The molecule has 1 amide bonds. The highest BCUT2D eigenvalue weighted by Crippen LogP contribution is 2.31. The molecule has 2 heterocycles. The number of Topliss-reactive ketones (excluding diaryl/α,β-unsaturated/α-hetero) is 1. The van der Waals surface area contributed by atoms with Crippen LogP contribution in [-0.4, -0.2) is 22.4 Å². The minimum Gasteiger partial charge on any atom is -0.302 e. The largest absolute Gasteiger partial charge is 0.302 e. The second-order valence-corrected chi connectivity index (χ2v) is 4.88. The van der Waals surface area contributed by atoms with Crippen LogP contribution in [0.4, 0.5) is 5.13 Å². The minimum atomic E-state index is -0.156. The molecular formula is C8H8N2O2S2. The highest BCUT2D eigenvalue weighted by molar-refractivity contribution is 7.99. The van der Waals surface area contributed by atoms with Crippen LogP contribution in [0.15, 0.2) is 0 Å². The van der Waals surface area contributed by atoms with E-state index in [1.54, 1.807) is 11.8 Å². The number of rotatable bonds is 1. The van der Waals surface area contributed by atoms with Crippen molar-refractivity contribution >= 4 is 39.9 Å². The van der Waals surface area contributed by atoms with E-state index >= 15 is 0 Å². The van der Waals surface area contributed by atoms with Crippen molar-refractivity contribution in [3.8, 4) is 0 Å². The van der Waals surface area contributed by atoms with Gasteiger partial charge in [-0.25, -0.2) is 4.98 Å². The maximum atomic E-state index is 11.4. The van der Waals surface area contributed by atoms with E-state index in [0.29, 0.717) is 15.8 Å². The van der Waals surface area contributed by atoms with Crippen molar-refractivity contribution in [3.05, 3.63) is 10.6 Å². The molecule has 0 fully saturated rings. The lowest BCUT2D eigenvalue weighted by Crippen LogP contribution is -2.08. The highest BCUT2D eigenvalue weighted by atomic mass is 32.2. The predicted molar refractivity (Wildman–Crippen MR) is 56.9 cm³/mol. The second kappa shape index (κ2) is 3.70. The molecule has 0 saturated heterocycles. The van der Waals surface area contributed by atoms with Crippen molar-refractivity contribution in [1.29, 1.82) is 0 Å². The molecule has 1 aromatic rings. The summed E-state index contributed by atoms with van der Waals surface area (Å²) in [6, 6.07) is 0. The van der Waals surface area contributed by atoms with Gasteiger partial charge in [-0.2, -0.15) is 0 Å². The van der Waals surface area contributed by atoms with Crippen molar-refractivity contribution in [2.45, 2.75) is 12.7 Å². The zero-order valence-corrected chi connectivity index (χ0v) is 9.13. The predicted octanol–water partition coefficient (Wildman–Crippen LogP) is 1.53. The summed E-state index contributed by atoms with van der Waals surface area (Å²) >= 11 is 2.83. The maximum absolute atomic E-state index is 11.4. The quantitative estimate of drug-likeness (QED) is 0.792. The zero-order valence-electron chi connectivity index (χ0n) is 7.49. The van der Waals surface area contributed by atoms with Crippen LogP contribution in [0.25, 0.3) is 0 Å². The molecule has 1 aliphatic rings. The Kier molecular flexibility index (Phi) is 2.56. The van der Waals surface area contributed by atoms with E-state index in [1.807, 2.05) is 0 Å². The number of amides is 1. The molecular weight excluding hydrogens is 220 g/mol. The lowest BCUT2D eigenvalue weighted by atomic mass is 10.3. The Labute approximate surface area is 89.1 Å². The minimum absolute atomic E-state index is 0.116. The lowest BCUT2D eigenvalue weighted by Gasteiger charge is -2.05. The average Bonchev–Trinajstić information content (AvgIpc) is 2.47.